The zero-order chi connectivity index (χ0) is 16.7. The Morgan fingerprint density at radius 3 is 2.68 bits per heavy atom. The van der Waals surface area contributed by atoms with Gasteiger partial charge in [0.25, 0.3) is 0 Å². The predicted molar refractivity (Wildman–Crippen MR) is 99.9 cm³/mol. The van der Waals surface area contributed by atoms with E-state index in [1.165, 1.54) is 12.1 Å². The molecule has 1 atom stereocenters. The summed E-state index contributed by atoms with van der Waals surface area (Å²) >= 11 is 0. The molecule has 1 unspecified atom stereocenters. The highest BCUT2D eigenvalue weighted by molar-refractivity contribution is 5.85. The Hall–Kier alpha value is -1.89. The summed E-state index contributed by atoms with van der Waals surface area (Å²) in [5.41, 5.74) is 6.46. The van der Waals surface area contributed by atoms with Crippen LogP contribution in [0.2, 0.25) is 0 Å². The molecule has 0 aliphatic carbocycles. The highest BCUT2D eigenvalue weighted by Crippen LogP contribution is 2.19. The largest absolute Gasteiger partial charge is 0.439 e. The zero-order valence-corrected chi connectivity index (χ0v) is 15.4. The Morgan fingerprint density at radius 1 is 1.32 bits per heavy atom. The Bertz CT molecular complexity index is 655. The van der Waals surface area contributed by atoms with Crippen LogP contribution in [-0.2, 0) is 11.3 Å². The van der Waals surface area contributed by atoms with E-state index in [2.05, 4.69) is 10.3 Å². The SMILES string of the molecule is CC(N)CCC(=O)NCc1ccc(Oc2cccc(F)c2)nc1.Cl.Cl. The van der Waals surface area contributed by atoms with Crippen molar-refractivity contribution >= 4 is 30.7 Å². The number of nitrogens with two attached hydrogens (primary N) is 1. The van der Waals surface area contributed by atoms with E-state index in [9.17, 15) is 9.18 Å². The van der Waals surface area contributed by atoms with Gasteiger partial charge in [-0.05, 0) is 31.0 Å². The molecular weight excluding hydrogens is 368 g/mol. The van der Waals surface area contributed by atoms with Crippen LogP contribution in [0.5, 0.6) is 11.6 Å². The summed E-state index contributed by atoms with van der Waals surface area (Å²) in [5, 5.41) is 2.81. The molecule has 2 aromatic rings. The van der Waals surface area contributed by atoms with E-state index in [1.54, 1.807) is 30.5 Å². The van der Waals surface area contributed by atoms with Gasteiger partial charge in [0.2, 0.25) is 11.8 Å². The first kappa shape index (κ1) is 23.1. The maximum Gasteiger partial charge on any atom is 0.220 e. The quantitative estimate of drug-likeness (QED) is 0.758. The van der Waals surface area contributed by atoms with E-state index >= 15 is 0 Å². The second kappa shape index (κ2) is 11.6. The number of aromatic nitrogens is 1. The molecule has 0 saturated heterocycles. The third-order valence-corrected chi connectivity index (χ3v) is 3.13. The lowest BCUT2D eigenvalue weighted by molar-refractivity contribution is -0.121. The summed E-state index contributed by atoms with van der Waals surface area (Å²) in [6, 6.07) is 9.34. The first-order valence-electron chi connectivity index (χ1n) is 7.43. The van der Waals surface area contributed by atoms with Gasteiger partial charge >= 0.3 is 0 Å². The van der Waals surface area contributed by atoms with E-state index < -0.39 is 0 Å². The number of halogens is 3. The van der Waals surface area contributed by atoms with Crippen LogP contribution in [0, 0.1) is 5.82 Å². The molecule has 3 N–H and O–H groups in total. The minimum absolute atomic E-state index is 0. The third-order valence-electron chi connectivity index (χ3n) is 3.13. The first-order chi connectivity index (χ1) is 11.0. The molecule has 1 amide bonds. The van der Waals surface area contributed by atoms with E-state index in [0.717, 1.165) is 5.56 Å². The number of hydrogen-bond donors (Lipinski definition) is 2. The third kappa shape index (κ3) is 8.67. The molecule has 138 valence electrons. The number of benzene rings is 1. The number of carbonyl (C=O) groups excluding carboxylic acids is 1. The van der Waals surface area contributed by atoms with Gasteiger partial charge in [-0.25, -0.2) is 9.37 Å². The van der Waals surface area contributed by atoms with E-state index in [1.807, 2.05) is 6.92 Å². The van der Waals surface area contributed by atoms with Crippen LogP contribution in [0.15, 0.2) is 42.6 Å². The van der Waals surface area contributed by atoms with Gasteiger partial charge in [-0.15, -0.1) is 24.8 Å². The zero-order valence-electron chi connectivity index (χ0n) is 13.8. The summed E-state index contributed by atoms with van der Waals surface area (Å²) in [4.78, 5) is 15.8. The van der Waals surface area contributed by atoms with Gasteiger partial charge in [0.05, 0.1) is 0 Å². The number of ether oxygens (including phenoxy) is 1. The van der Waals surface area contributed by atoms with Crippen molar-refractivity contribution in [1.82, 2.24) is 10.3 Å². The molecule has 0 aliphatic heterocycles. The fourth-order valence-electron chi connectivity index (χ4n) is 1.87. The van der Waals surface area contributed by atoms with Crippen LogP contribution < -0.4 is 15.8 Å². The summed E-state index contributed by atoms with van der Waals surface area (Å²) in [6.07, 6.45) is 2.68. The van der Waals surface area contributed by atoms with Crippen molar-refractivity contribution in [2.45, 2.75) is 32.4 Å². The topological polar surface area (TPSA) is 77.2 Å². The lowest BCUT2D eigenvalue weighted by Gasteiger charge is -2.08. The smallest absolute Gasteiger partial charge is 0.220 e. The number of hydrogen-bond acceptors (Lipinski definition) is 4. The van der Waals surface area contributed by atoms with Gasteiger partial charge < -0.3 is 15.8 Å². The number of pyridine rings is 1. The van der Waals surface area contributed by atoms with Crippen molar-refractivity contribution in [3.05, 3.63) is 54.0 Å². The second-order valence-electron chi connectivity index (χ2n) is 5.36. The molecule has 1 heterocycles. The standard InChI is InChI=1S/C17H20FN3O2.2ClH/c1-12(19)5-7-16(22)20-10-13-6-8-17(21-11-13)23-15-4-2-3-14(18)9-15;;/h2-4,6,8-9,11-12H,5,7,10,19H2,1H3,(H,20,22);2*1H. The minimum Gasteiger partial charge on any atom is -0.439 e. The molecule has 1 aromatic heterocycles. The highest BCUT2D eigenvalue weighted by Gasteiger charge is 2.04. The number of nitrogens with zero attached hydrogens (tertiary/aromatic N) is 1. The molecule has 0 bridgehead atoms. The van der Waals surface area contributed by atoms with Crippen LogP contribution >= 0.6 is 24.8 Å². The fourth-order valence-corrected chi connectivity index (χ4v) is 1.87. The van der Waals surface area contributed by atoms with Crippen molar-refractivity contribution in [3.63, 3.8) is 0 Å². The summed E-state index contributed by atoms with van der Waals surface area (Å²) < 4.78 is 18.5. The number of carbonyl (C=O) groups is 1. The molecule has 0 aliphatic rings. The average molecular weight is 390 g/mol. The number of amides is 1. The number of nitrogens with one attached hydrogen (secondary N) is 1. The molecular formula is C17H22Cl2FN3O2. The highest BCUT2D eigenvalue weighted by atomic mass is 35.5. The van der Waals surface area contributed by atoms with Crippen molar-refractivity contribution in [2.75, 3.05) is 0 Å². The van der Waals surface area contributed by atoms with Gasteiger partial charge in [0.15, 0.2) is 0 Å². The van der Waals surface area contributed by atoms with Gasteiger partial charge in [-0.2, -0.15) is 0 Å². The predicted octanol–water partition coefficient (Wildman–Crippen LogP) is 3.60. The second-order valence-corrected chi connectivity index (χ2v) is 5.36. The molecule has 2 rings (SSSR count). The van der Waals surface area contributed by atoms with Crippen LogP contribution in [0.3, 0.4) is 0 Å². The Labute approximate surface area is 159 Å². The monoisotopic (exact) mass is 389 g/mol. The van der Waals surface area contributed by atoms with Crippen molar-refractivity contribution in [3.8, 4) is 11.6 Å². The molecule has 0 saturated carbocycles. The lowest BCUT2D eigenvalue weighted by atomic mass is 10.2. The van der Waals surface area contributed by atoms with E-state index in [-0.39, 0.29) is 42.6 Å². The van der Waals surface area contributed by atoms with Crippen LogP contribution in [0.25, 0.3) is 0 Å². The molecule has 8 heteroatoms. The molecule has 0 spiro atoms. The minimum atomic E-state index is -0.367. The summed E-state index contributed by atoms with van der Waals surface area (Å²) in [5.74, 6) is 0.341. The van der Waals surface area contributed by atoms with Crippen molar-refractivity contribution in [1.29, 1.82) is 0 Å². The molecule has 1 aromatic carbocycles. The average Bonchev–Trinajstić information content (AvgIpc) is 2.52. The fraction of sp³-hybridized carbons (Fsp3) is 0.294. The van der Waals surface area contributed by atoms with Gasteiger partial charge in [-0.3, -0.25) is 4.79 Å². The Morgan fingerprint density at radius 2 is 2.08 bits per heavy atom. The molecule has 0 fully saturated rings. The van der Waals surface area contributed by atoms with E-state index in [4.69, 9.17) is 10.5 Å². The van der Waals surface area contributed by atoms with Gasteiger partial charge in [0, 0.05) is 37.3 Å². The van der Waals surface area contributed by atoms with E-state index in [0.29, 0.717) is 31.0 Å². The summed E-state index contributed by atoms with van der Waals surface area (Å²) in [7, 11) is 0. The maximum atomic E-state index is 13.1. The lowest BCUT2D eigenvalue weighted by Crippen LogP contribution is -2.25. The molecule has 5 nitrogen and oxygen atoms in total. The number of rotatable bonds is 7. The Kier molecular flexibility index (Phi) is 10.7. The van der Waals surface area contributed by atoms with Gasteiger partial charge in [-0.1, -0.05) is 12.1 Å². The van der Waals surface area contributed by atoms with Crippen molar-refractivity contribution in [2.24, 2.45) is 5.73 Å². The maximum absolute atomic E-state index is 13.1. The summed E-state index contributed by atoms with van der Waals surface area (Å²) in [6.45, 7) is 2.26. The van der Waals surface area contributed by atoms with Crippen molar-refractivity contribution < 1.29 is 13.9 Å². The molecule has 0 radical (unpaired) electrons. The van der Waals surface area contributed by atoms with Crippen LogP contribution in [-0.4, -0.2) is 16.9 Å². The van der Waals surface area contributed by atoms with Crippen LogP contribution in [0.1, 0.15) is 25.3 Å². The van der Waals surface area contributed by atoms with Crippen LogP contribution in [0.4, 0.5) is 4.39 Å². The normalized spacial score (nSPS) is 10.8. The molecule has 25 heavy (non-hydrogen) atoms. The Balaban J connectivity index is 0.00000288. The van der Waals surface area contributed by atoms with Gasteiger partial charge in [0.1, 0.15) is 11.6 Å². The first-order valence-corrected chi connectivity index (χ1v) is 7.43.